The number of Topliss-reactive ketones (excluding diaryl/α,β-unsaturated/α-hetero) is 1. The number of hydrogen-bond donors (Lipinski definition) is 0. The van der Waals surface area contributed by atoms with Crippen LogP contribution in [0.1, 0.15) is 42.3 Å². The highest BCUT2D eigenvalue weighted by Gasteiger charge is 2.09. The van der Waals surface area contributed by atoms with E-state index in [1.807, 2.05) is 6.07 Å². The lowest BCUT2D eigenvalue weighted by atomic mass is 10.1. The predicted octanol–water partition coefficient (Wildman–Crippen LogP) is 4.73. The van der Waals surface area contributed by atoms with Crippen molar-refractivity contribution in [2.24, 2.45) is 0 Å². The van der Waals surface area contributed by atoms with Gasteiger partial charge < -0.3 is 0 Å². The van der Waals surface area contributed by atoms with Crippen molar-refractivity contribution in [3.8, 4) is 0 Å². The fourth-order valence-electron chi connectivity index (χ4n) is 1.57. The molecule has 0 aliphatic heterocycles. The van der Waals surface area contributed by atoms with Gasteiger partial charge in [0, 0.05) is 21.9 Å². The lowest BCUT2D eigenvalue weighted by Gasteiger charge is -1.95. The molecule has 0 bridgehead atoms. The van der Waals surface area contributed by atoms with E-state index in [0.717, 1.165) is 17.7 Å². The lowest BCUT2D eigenvalue weighted by Crippen LogP contribution is -1.94. The number of carbonyl (C=O) groups is 1. The molecule has 0 radical (unpaired) electrons. The molecule has 2 aromatic rings. The Morgan fingerprint density at radius 1 is 1.33 bits per heavy atom. The van der Waals surface area contributed by atoms with Gasteiger partial charge in [0.25, 0.3) is 0 Å². The summed E-state index contributed by atoms with van der Waals surface area (Å²) >= 11 is 3.33. The van der Waals surface area contributed by atoms with Gasteiger partial charge in [-0.25, -0.2) is 0 Å². The second-order valence-electron chi connectivity index (χ2n) is 3.68. The van der Waals surface area contributed by atoms with E-state index < -0.39 is 0 Å². The Labute approximate surface area is 97.7 Å². The van der Waals surface area contributed by atoms with Gasteiger partial charge in [-0.1, -0.05) is 19.8 Å². The number of fused-ring (bicyclic) bond motifs is 1. The van der Waals surface area contributed by atoms with Crippen LogP contribution >= 0.6 is 22.7 Å². The Morgan fingerprint density at radius 2 is 2.20 bits per heavy atom. The summed E-state index contributed by atoms with van der Waals surface area (Å²) in [6.45, 7) is 2.16. The maximum absolute atomic E-state index is 11.8. The number of hydrogen-bond acceptors (Lipinski definition) is 3. The molecule has 0 saturated heterocycles. The SMILES string of the molecule is CCCCCC(=O)c1cc2cscc2s1. The number of rotatable bonds is 5. The monoisotopic (exact) mass is 238 g/mol. The van der Waals surface area contributed by atoms with Gasteiger partial charge >= 0.3 is 0 Å². The summed E-state index contributed by atoms with van der Waals surface area (Å²) in [6.07, 6.45) is 4.07. The van der Waals surface area contributed by atoms with Crippen molar-refractivity contribution in [3.63, 3.8) is 0 Å². The predicted molar refractivity (Wildman–Crippen MR) is 68.2 cm³/mol. The Kier molecular flexibility index (Phi) is 3.54. The molecule has 0 N–H and O–H groups in total. The Bertz CT molecular complexity index is 424. The molecule has 0 unspecified atom stereocenters. The largest absolute Gasteiger partial charge is 0.293 e. The zero-order valence-corrected chi connectivity index (χ0v) is 10.4. The maximum Gasteiger partial charge on any atom is 0.172 e. The van der Waals surface area contributed by atoms with Crippen molar-refractivity contribution < 1.29 is 4.79 Å². The molecule has 0 aliphatic carbocycles. The molecule has 1 nitrogen and oxygen atoms in total. The fourth-order valence-corrected chi connectivity index (χ4v) is 3.55. The molecule has 0 aromatic carbocycles. The van der Waals surface area contributed by atoms with E-state index in [1.54, 1.807) is 22.7 Å². The molecule has 3 heteroatoms. The number of ketones is 1. The van der Waals surface area contributed by atoms with Crippen molar-refractivity contribution in [2.45, 2.75) is 32.6 Å². The summed E-state index contributed by atoms with van der Waals surface area (Å²) < 4.78 is 1.25. The van der Waals surface area contributed by atoms with E-state index in [9.17, 15) is 4.79 Å². The van der Waals surface area contributed by atoms with Gasteiger partial charge in [0.05, 0.1) is 4.88 Å². The van der Waals surface area contributed by atoms with Crippen molar-refractivity contribution in [3.05, 3.63) is 21.7 Å². The van der Waals surface area contributed by atoms with Crippen LogP contribution in [0.2, 0.25) is 0 Å². The molecular weight excluding hydrogens is 224 g/mol. The Morgan fingerprint density at radius 3 is 2.93 bits per heavy atom. The van der Waals surface area contributed by atoms with Crippen molar-refractivity contribution in [1.29, 1.82) is 0 Å². The molecule has 0 aliphatic rings. The molecule has 0 atom stereocenters. The van der Waals surface area contributed by atoms with Gasteiger partial charge in [-0.15, -0.1) is 11.3 Å². The zero-order chi connectivity index (χ0) is 10.7. The first-order chi connectivity index (χ1) is 7.31. The van der Waals surface area contributed by atoms with E-state index in [1.165, 1.54) is 16.5 Å². The van der Waals surface area contributed by atoms with Gasteiger partial charge in [-0.05, 0) is 17.9 Å². The Balaban J connectivity index is 2.04. The third-order valence-corrected chi connectivity index (χ3v) is 4.49. The molecule has 15 heavy (non-hydrogen) atoms. The maximum atomic E-state index is 11.8. The van der Waals surface area contributed by atoms with Crippen LogP contribution in [0.5, 0.6) is 0 Å². The minimum absolute atomic E-state index is 0.314. The highest BCUT2D eigenvalue weighted by atomic mass is 32.1. The molecule has 0 fully saturated rings. The highest BCUT2D eigenvalue weighted by molar-refractivity contribution is 7.24. The van der Waals surface area contributed by atoms with E-state index in [4.69, 9.17) is 0 Å². The molecule has 2 rings (SSSR count). The van der Waals surface area contributed by atoms with Gasteiger partial charge in [0.15, 0.2) is 5.78 Å². The normalized spacial score (nSPS) is 11.0. The van der Waals surface area contributed by atoms with Gasteiger partial charge in [0.2, 0.25) is 0 Å². The van der Waals surface area contributed by atoms with Crippen LogP contribution in [0.15, 0.2) is 16.8 Å². The first-order valence-corrected chi connectivity index (χ1v) is 7.06. The molecule has 0 saturated carbocycles. The highest BCUT2D eigenvalue weighted by Crippen LogP contribution is 2.29. The second-order valence-corrected chi connectivity index (χ2v) is 5.51. The van der Waals surface area contributed by atoms with Crippen LogP contribution in [0, 0.1) is 0 Å². The first kappa shape index (κ1) is 10.8. The van der Waals surface area contributed by atoms with Gasteiger partial charge in [0.1, 0.15) is 0 Å². The van der Waals surface area contributed by atoms with E-state index in [-0.39, 0.29) is 0 Å². The van der Waals surface area contributed by atoms with Gasteiger partial charge in [-0.3, -0.25) is 4.79 Å². The lowest BCUT2D eigenvalue weighted by molar-refractivity contribution is 0.0983. The summed E-state index contributed by atoms with van der Waals surface area (Å²) in [4.78, 5) is 12.7. The van der Waals surface area contributed by atoms with E-state index >= 15 is 0 Å². The van der Waals surface area contributed by atoms with Crippen LogP contribution in [0.25, 0.3) is 10.1 Å². The van der Waals surface area contributed by atoms with Gasteiger partial charge in [-0.2, -0.15) is 11.3 Å². The smallest absolute Gasteiger partial charge is 0.172 e. The molecule has 80 valence electrons. The molecule has 0 amide bonds. The average molecular weight is 238 g/mol. The van der Waals surface area contributed by atoms with E-state index in [2.05, 4.69) is 17.7 Å². The summed E-state index contributed by atoms with van der Waals surface area (Å²) in [5.41, 5.74) is 0. The van der Waals surface area contributed by atoms with Crippen molar-refractivity contribution in [2.75, 3.05) is 0 Å². The zero-order valence-electron chi connectivity index (χ0n) is 8.79. The number of carbonyl (C=O) groups excluding carboxylic acids is 1. The van der Waals surface area contributed by atoms with E-state index in [0.29, 0.717) is 12.2 Å². The number of unbranched alkanes of at least 4 members (excludes halogenated alkanes) is 2. The topological polar surface area (TPSA) is 17.1 Å². The summed E-state index contributed by atoms with van der Waals surface area (Å²) in [5.74, 6) is 0.314. The summed E-state index contributed by atoms with van der Waals surface area (Å²) in [7, 11) is 0. The van der Waals surface area contributed by atoms with Crippen LogP contribution in [-0.4, -0.2) is 5.78 Å². The molecule has 0 spiro atoms. The first-order valence-electron chi connectivity index (χ1n) is 5.30. The van der Waals surface area contributed by atoms with Crippen LogP contribution < -0.4 is 0 Å². The molecule has 2 aromatic heterocycles. The van der Waals surface area contributed by atoms with Crippen molar-refractivity contribution >= 4 is 38.5 Å². The molecule has 2 heterocycles. The third-order valence-electron chi connectivity index (χ3n) is 2.44. The van der Waals surface area contributed by atoms with Crippen molar-refractivity contribution in [1.82, 2.24) is 0 Å². The quantitative estimate of drug-likeness (QED) is 0.544. The standard InChI is InChI=1S/C12H14OS2/c1-2-3-4-5-10(13)11-6-9-7-14-8-12(9)15-11/h6-8H,2-5H2,1H3. The molecular formula is C12H14OS2. The van der Waals surface area contributed by atoms with Crippen LogP contribution in [0.4, 0.5) is 0 Å². The number of thiophene rings is 2. The Hall–Kier alpha value is -0.670. The van der Waals surface area contributed by atoms with Crippen LogP contribution in [-0.2, 0) is 0 Å². The van der Waals surface area contributed by atoms with Crippen LogP contribution in [0.3, 0.4) is 0 Å². The third kappa shape index (κ3) is 2.47. The minimum atomic E-state index is 0.314. The summed E-state index contributed by atoms with van der Waals surface area (Å²) in [6, 6.07) is 2.03. The average Bonchev–Trinajstić information content (AvgIpc) is 2.76. The fraction of sp³-hybridized carbons (Fsp3) is 0.417. The summed E-state index contributed by atoms with van der Waals surface area (Å²) in [5, 5.41) is 5.45. The second kappa shape index (κ2) is 4.90. The minimum Gasteiger partial charge on any atom is -0.293 e.